The van der Waals surface area contributed by atoms with Crippen LogP contribution in [0.15, 0.2) is 60.0 Å². The number of hydrogen-bond acceptors (Lipinski definition) is 4. The van der Waals surface area contributed by atoms with Crippen molar-refractivity contribution in [2.45, 2.75) is 19.4 Å². The fourth-order valence-electron chi connectivity index (χ4n) is 3.68. The molecule has 0 saturated carbocycles. The van der Waals surface area contributed by atoms with Gasteiger partial charge >= 0.3 is 6.03 Å². The predicted molar refractivity (Wildman–Crippen MR) is 123 cm³/mol. The summed E-state index contributed by atoms with van der Waals surface area (Å²) in [6, 6.07) is 16.8. The van der Waals surface area contributed by atoms with E-state index in [0.29, 0.717) is 6.54 Å². The van der Waals surface area contributed by atoms with Gasteiger partial charge in [-0.25, -0.2) is 14.2 Å². The molecule has 1 saturated heterocycles. The number of aryl methyl sites for hydroxylation is 1. The van der Waals surface area contributed by atoms with Crippen molar-refractivity contribution in [2.24, 2.45) is 0 Å². The van der Waals surface area contributed by atoms with E-state index in [1.165, 1.54) is 17.7 Å². The highest BCUT2D eigenvalue weighted by molar-refractivity contribution is 7.09. The van der Waals surface area contributed by atoms with Gasteiger partial charge in [0.2, 0.25) is 0 Å². The van der Waals surface area contributed by atoms with Crippen molar-refractivity contribution in [1.82, 2.24) is 20.1 Å². The van der Waals surface area contributed by atoms with Crippen LogP contribution in [0.25, 0.3) is 11.3 Å². The van der Waals surface area contributed by atoms with Crippen LogP contribution in [0, 0.1) is 5.82 Å². The van der Waals surface area contributed by atoms with Crippen LogP contribution in [0.5, 0.6) is 0 Å². The average molecular weight is 439 g/mol. The molecule has 7 heteroatoms. The number of amides is 2. The molecule has 1 aliphatic heterocycles. The molecule has 3 aromatic rings. The summed E-state index contributed by atoms with van der Waals surface area (Å²) in [6.45, 7) is 4.59. The van der Waals surface area contributed by atoms with Gasteiger partial charge in [-0.05, 0) is 42.7 Å². The minimum atomic E-state index is -0.239. The van der Waals surface area contributed by atoms with Crippen molar-refractivity contribution in [1.29, 1.82) is 0 Å². The molecule has 1 aromatic heterocycles. The number of halogens is 1. The molecular formula is C24H27FN4OS. The number of benzene rings is 2. The summed E-state index contributed by atoms with van der Waals surface area (Å²) in [5.74, 6) is -0.239. The molecule has 5 nitrogen and oxygen atoms in total. The van der Waals surface area contributed by atoms with Crippen LogP contribution in [0.3, 0.4) is 0 Å². The first kappa shape index (κ1) is 21.5. The number of carbonyl (C=O) groups is 1. The van der Waals surface area contributed by atoms with Crippen LogP contribution < -0.4 is 5.32 Å². The summed E-state index contributed by atoms with van der Waals surface area (Å²) >= 11 is 1.62. The van der Waals surface area contributed by atoms with Crippen molar-refractivity contribution >= 4 is 17.4 Å². The number of aromatic nitrogens is 1. The summed E-state index contributed by atoms with van der Waals surface area (Å²) in [5.41, 5.74) is 3.11. The molecule has 1 N–H and O–H groups in total. The Morgan fingerprint density at radius 3 is 2.52 bits per heavy atom. The minimum absolute atomic E-state index is 0.0283. The Balaban J connectivity index is 1.17. The third kappa shape index (κ3) is 6.12. The lowest BCUT2D eigenvalue weighted by Crippen LogP contribution is -2.51. The lowest BCUT2D eigenvalue weighted by molar-refractivity contribution is 0.135. The molecule has 0 aliphatic carbocycles. The monoisotopic (exact) mass is 438 g/mol. The number of rotatable bonds is 7. The molecule has 4 rings (SSSR count). The molecule has 162 valence electrons. The van der Waals surface area contributed by atoms with E-state index >= 15 is 0 Å². The van der Waals surface area contributed by atoms with E-state index in [2.05, 4.69) is 22.3 Å². The van der Waals surface area contributed by atoms with Gasteiger partial charge < -0.3 is 10.2 Å². The van der Waals surface area contributed by atoms with Crippen molar-refractivity contribution in [2.75, 3.05) is 32.7 Å². The van der Waals surface area contributed by atoms with E-state index < -0.39 is 0 Å². The Kier molecular flexibility index (Phi) is 7.27. The maximum absolute atomic E-state index is 13.1. The summed E-state index contributed by atoms with van der Waals surface area (Å²) < 4.78 is 13.1. The highest BCUT2D eigenvalue weighted by Crippen LogP contribution is 2.23. The SMILES string of the molecule is O=C(NCCCc1ccccc1)N1CCN(Cc2nc(-c3ccc(F)cc3)cs2)CC1. The van der Waals surface area contributed by atoms with Crippen LogP contribution in [-0.2, 0) is 13.0 Å². The predicted octanol–water partition coefficient (Wildman–Crippen LogP) is 4.41. The lowest BCUT2D eigenvalue weighted by Gasteiger charge is -2.34. The maximum atomic E-state index is 13.1. The van der Waals surface area contributed by atoms with E-state index in [9.17, 15) is 9.18 Å². The van der Waals surface area contributed by atoms with Gasteiger partial charge in [0, 0.05) is 43.7 Å². The zero-order valence-electron chi connectivity index (χ0n) is 17.5. The molecule has 0 bridgehead atoms. The molecule has 2 aromatic carbocycles. The fourth-order valence-corrected chi connectivity index (χ4v) is 4.53. The molecule has 1 aliphatic rings. The summed E-state index contributed by atoms with van der Waals surface area (Å²) in [5, 5.41) is 6.10. The third-order valence-corrected chi connectivity index (χ3v) is 6.30. The Morgan fingerprint density at radius 1 is 1.03 bits per heavy atom. The zero-order valence-corrected chi connectivity index (χ0v) is 18.3. The zero-order chi connectivity index (χ0) is 21.5. The molecule has 1 fully saturated rings. The van der Waals surface area contributed by atoms with Gasteiger partial charge in [0.15, 0.2) is 0 Å². The molecule has 0 spiro atoms. The number of thiazole rings is 1. The number of piperazine rings is 1. The fraction of sp³-hybridized carbons (Fsp3) is 0.333. The van der Waals surface area contributed by atoms with Crippen LogP contribution in [0.1, 0.15) is 17.0 Å². The molecule has 31 heavy (non-hydrogen) atoms. The maximum Gasteiger partial charge on any atom is 0.317 e. The van der Waals surface area contributed by atoms with Gasteiger partial charge in [0.05, 0.1) is 12.2 Å². The molecular weight excluding hydrogens is 411 g/mol. The molecule has 0 atom stereocenters. The van der Waals surface area contributed by atoms with Crippen LogP contribution in [0.4, 0.5) is 9.18 Å². The largest absolute Gasteiger partial charge is 0.338 e. The quantitative estimate of drug-likeness (QED) is 0.556. The molecule has 0 radical (unpaired) electrons. The van der Waals surface area contributed by atoms with Gasteiger partial charge in [-0.1, -0.05) is 30.3 Å². The van der Waals surface area contributed by atoms with E-state index in [1.807, 2.05) is 28.5 Å². The molecule has 2 amide bonds. The topological polar surface area (TPSA) is 48.5 Å². The second-order valence-electron chi connectivity index (χ2n) is 7.72. The Bertz CT molecular complexity index is 969. The standard InChI is InChI=1S/C24H27FN4OS/c25-21-10-8-20(9-11-21)22-18-31-23(27-22)17-28-13-15-29(16-14-28)24(30)26-12-4-7-19-5-2-1-3-6-19/h1-3,5-6,8-11,18H,4,7,12-17H2,(H,26,30). The lowest BCUT2D eigenvalue weighted by atomic mass is 10.1. The second kappa shape index (κ2) is 10.5. The molecule has 0 unspecified atom stereocenters. The number of nitrogens with one attached hydrogen (secondary N) is 1. The molecule has 2 heterocycles. The van der Waals surface area contributed by atoms with E-state index in [1.54, 1.807) is 23.5 Å². The highest BCUT2D eigenvalue weighted by atomic mass is 32.1. The van der Waals surface area contributed by atoms with E-state index in [-0.39, 0.29) is 11.8 Å². The summed E-state index contributed by atoms with van der Waals surface area (Å²) in [4.78, 5) is 21.3. The van der Waals surface area contributed by atoms with Gasteiger partial charge in [0.25, 0.3) is 0 Å². The smallest absolute Gasteiger partial charge is 0.317 e. The minimum Gasteiger partial charge on any atom is -0.338 e. The van der Waals surface area contributed by atoms with Gasteiger partial charge in [-0.15, -0.1) is 11.3 Å². The van der Waals surface area contributed by atoms with Crippen LogP contribution in [-0.4, -0.2) is 53.5 Å². The van der Waals surface area contributed by atoms with Crippen molar-refractivity contribution < 1.29 is 9.18 Å². The van der Waals surface area contributed by atoms with Gasteiger partial charge in [-0.3, -0.25) is 4.90 Å². The van der Waals surface area contributed by atoms with E-state index in [4.69, 9.17) is 4.98 Å². The van der Waals surface area contributed by atoms with Crippen molar-refractivity contribution in [3.63, 3.8) is 0 Å². The number of hydrogen-bond donors (Lipinski definition) is 1. The van der Waals surface area contributed by atoms with Gasteiger partial charge in [0.1, 0.15) is 10.8 Å². The first-order valence-corrected chi connectivity index (χ1v) is 11.5. The first-order chi connectivity index (χ1) is 15.2. The number of nitrogens with zero attached hydrogens (tertiary/aromatic N) is 3. The van der Waals surface area contributed by atoms with E-state index in [0.717, 1.165) is 61.8 Å². The Labute approximate surface area is 186 Å². The van der Waals surface area contributed by atoms with Crippen molar-refractivity contribution in [3.05, 3.63) is 76.4 Å². The normalized spacial score (nSPS) is 14.5. The second-order valence-corrected chi connectivity index (χ2v) is 8.66. The first-order valence-electron chi connectivity index (χ1n) is 10.7. The van der Waals surface area contributed by atoms with Gasteiger partial charge in [-0.2, -0.15) is 0 Å². The number of urea groups is 1. The highest BCUT2D eigenvalue weighted by Gasteiger charge is 2.21. The third-order valence-electron chi connectivity index (χ3n) is 5.47. The Morgan fingerprint density at radius 2 is 1.77 bits per heavy atom. The Hall–Kier alpha value is -2.77. The van der Waals surface area contributed by atoms with Crippen molar-refractivity contribution in [3.8, 4) is 11.3 Å². The summed E-state index contributed by atoms with van der Waals surface area (Å²) in [6.07, 6.45) is 1.92. The van der Waals surface area contributed by atoms with Crippen LogP contribution >= 0.6 is 11.3 Å². The number of carbonyl (C=O) groups excluding carboxylic acids is 1. The average Bonchev–Trinajstić information content (AvgIpc) is 3.27. The van der Waals surface area contributed by atoms with Crippen LogP contribution in [0.2, 0.25) is 0 Å². The summed E-state index contributed by atoms with van der Waals surface area (Å²) in [7, 11) is 0.